The Morgan fingerprint density at radius 2 is 1.60 bits per heavy atom. The molecule has 0 aromatic carbocycles. The van der Waals surface area contributed by atoms with Crippen LogP contribution in [0.1, 0.15) is 0 Å². The average molecular weight is 162 g/mol. The van der Waals surface area contributed by atoms with Gasteiger partial charge in [0.05, 0.1) is 7.11 Å². The molecule has 0 atom stereocenters. The van der Waals surface area contributed by atoms with Gasteiger partial charge in [-0.15, -0.1) is 0 Å². The second kappa shape index (κ2) is 2.85. The van der Waals surface area contributed by atoms with Crippen molar-refractivity contribution in [2.75, 3.05) is 7.11 Å². The van der Waals surface area contributed by atoms with Gasteiger partial charge in [-0.25, -0.2) is 0 Å². The van der Waals surface area contributed by atoms with Crippen molar-refractivity contribution in [3.63, 3.8) is 0 Å². The molecule has 10 heavy (non-hydrogen) atoms. The molecule has 0 aliphatic carbocycles. The molecule has 0 radical (unpaired) electrons. The molecule has 0 N–H and O–H groups in total. The highest BCUT2D eigenvalue weighted by molar-refractivity contribution is 4.99. The lowest BCUT2D eigenvalue weighted by molar-refractivity contribution is -0.115. The molecule has 0 aliphatic rings. The molecule has 60 valence electrons. The summed E-state index contributed by atoms with van der Waals surface area (Å²) in [5, 5.41) is 0. The van der Waals surface area contributed by atoms with Crippen molar-refractivity contribution in [3.8, 4) is 0 Å². The normalized spacial score (nSPS) is 14.6. The number of alkyl halides is 3. The van der Waals surface area contributed by atoms with Gasteiger partial charge in [0.25, 0.3) is 5.83 Å². The van der Waals surface area contributed by atoms with Gasteiger partial charge in [-0.3, -0.25) is 0 Å². The van der Waals surface area contributed by atoms with Gasteiger partial charge < -0.3 is 4.74 Å². The van der Waals surface area contributed by atoms with Crippen LogP contribution >= 0.6 is 0 Å². The summed E-state index contributed by atoms with van der Waals surface area (Å²) >= 11 is 0. The Labute approximate surface area is 53.1 Å². The van der Waals surface area contributed by atoms with Crippen LogP contribution in [0.3, 0.4) is 0 Å². The first-order valence-corrected chi connectivity index (χ1v) is 2.06. The van der Waals surface area contributed by atoms with E-state index >= 15 is 0 Å². The molecule has 6 heteroatoms. The van der Waals surface area contributed by atoms with Crippen molar-refractivity contribution >= 4 is 0 Å². The highest BCUT2D eigenvalue weighted by Crippen LogP contribution is 2.29. The van der Waals surface area contributed by atoms with Gasteiger partial charge in [0, 0.05) is 0 Å². The third-order valence-corrected chi connectivity index (χ3v) is 0.601. The summed E-state index contributed by atoms with van der Waals surface area (Å²) in [6, 6.07) is -2.26. The maximum absolute atomic E-state index is 11.6. The highest BCUT2D eigenvalue weighted by atomic mass is 19.4. The van der Waals surface area contributed by atoms with Crippen LogP contribution in [-0.2, 0) is 4.74 Å². The number of hydrogen-bond acceptors (Lipinski definition) is 1. The molecule has 0 heterocycles. The predicted molar refractivity (Wildman–Crippen MR) is 22.3 cm³/mol. The van der Waals surface area contributed by atoms with Gasteiger partial charge >= 0.3 is 12.2 Å². The fraction of sp³-hybridized carbons (Fsp3) is 0.500. The predicted octanol–water partition coefficient (Wildman–Crippen LogP) is 2.30. The van der Waals surface area contributed by atoms with Gasteiger partial charge in [-0.05, 0) is 0 Å². The number of methoxy groups -OCH3 is 1. The summed E-state index contributed by atoms with van der Waals surface area (Å²) in [7, 11) is 0.598. The molecule has 0 bridgehead atoms. The SMILES string of the molecule is COC(F)=C(F)C(F)(F)F. The van der Waals surface area contributed by atoms with Gasteiger partial charge in [-0.1, -0.05) is 0 Å². The summed E-state index contributed by atoms with van der Waals surface area (Å²) in [5.41, 5.74) is 0. The third kappa shape index (κ3) is 2.20. The maximum Gasteiger partial charge on any atom is 0.449 e. The molecule has 0 saturated carbocycles. The Bertz CT molecular complexity index is 146. The molecule has 0 saturated heterocycles. The van der Waals surface area contributed by atoms with E-state index < -0.39 is 18.0 Å². The minimum absolute atomic E-state index is 0.598. The Morgan fingerprint density at radius 1 is 1.20 bits per heavy atom. The van der Waals surface area contributed by atoms with E-state index in [-0.39, 0.29) is 0 Å². The van der Waals surface area contributed by atoms with E-state index in [1.165, 1.54) is 0 Å². The minimum atomic E-state index is -5.31. The topological polar surface area (TPSA) is 9.23 Å². The van der Waals surface area contributed by atoms with E-state index in [1.807, 2.05) is 0 Å². The molecule has 1 nitrogen and oxygen atoms in total. The maximum atomic E-state index is 11.6. The van der Waals surface area contributed by atoms with E-state index in [9.17, 15) is 22.0 Å². The van der Waals surface area contributed by atoms with E-state index in [0.717, 1.165) is 0 Å². The van der Waals surface area contributed by atoms with Crippen LogP contribution < -0.4 is 0 Å². The van der Waals surface area contributed by atoms with E-state index in [2.05, 4.69) is 4.74 Å². The van der Waals surface area contributed by atoms with Gasteiger partial charge in [0.15, 0.2) is 0 Å². The standard InChI is InChI=1S/C4H3F5O/c1-10-3(6)2(5)4(7,8)9/h1H3. The first-order valence-electron chi connectivity index (χ1n) is 2.06. The summed E-state index contributed by atoms with van der Waals surface area (Å²) in [6.07, 6.45) is -5.31. The second-order valence-corrected chi connectivity index (χ2v) is 1.29. The number of hydrogen-bond donors (Lipinski definition) is 0. The van der Waals surface area contributed by atoms with Crippen LogP contribution in [0.2, 0.25) is 0 Å². The van der Waals surface area contributed by atoms with Crippen molar-refractivity contribution in [2.45, 2.75) is 6.18 Å². The van der Waals surface area contributed by atoms with Crippen LogP contribution in [0.25, 0.3) is 0 Å². The van der Waals surface area contributed by atoms with E-state index in [1.54, 1.807) is 0 Å². The Kier molecular flexibility index (Phi) is 2.62. The zero-order chi connectivity index (χ0) is 8.36. The molecular weight excluding hydrogens is 159 g/mol. The van der Waals surface area contributed by atoms with Crippen molar-refractivity contribution in [3.05, 3.63) is 11.8 Å². The fourth-order valence-corrected chi connectivity index (χ4v) is 0.201. The molecule has 0 aromatic rings. The molecule has 0 aliphatic heterocycles. The summed E-state index contributed by atoms with van der Waals surface area (Å²) in [6.45, 7) is 0. The first kappa shape index (κ1) is 9.19. The van der Waals surface area contributed by atoms with Crippen molar-refractivity contribution in [2.24, 2.45) is 0 Å². The summed E-state index contributed by atoms with van der Waals surface area (Å²) in [5.74, 6) is -2.85. The lowest BCUT2D eigenvalue weighted by Gasteiger charge is -2.02. The first-order chi connectivity index (χ1) is 4.39. The quantitative estimate of drug-likeness (QED) is 0.424. The van der Waals surface area contributed by atoms with Crippen LogP contribution in [0.4, 0.5) is 22.0 Å². The van der Waals surface area contributed by atoms with E-state index in [4.69, 9.17) is 0 Å². The number of rotatable bonds is 1. The zero-order valence-corrected chi connectivity index (χ0v) is 4.80. The van der Waals surface area contributed by atoms with Crippen LogP contribution in [0, 0.1) is 0 Å². The number of ether oxygens (including phenoxy) is 1. The number of halogens is 5. The summed E-state index contributed by atoms with van der Waals surface area (Å²) < 4.78 is 59.9. The molecule has 0 spiro atoms. The van der Waals surface area contributed by atoms with E-state index in [0.29, 0.717) is 7.11 Å². The molecule has 0 aromatic heterocycles. The highest BCUT2D eigenvalue weighted by Gasteiger charge is 2.39. The number of allylic oxidation sites excluding steroid dienone is 1. The van der Waals surface area contributed by atoms with Crippen LogP contribution in [0.5, 0.6) is 0 Å². The fourth-order valence-electron chi connectivity index (χ4n) is 0.201. The Morgan fingerprint density at radius 3 is 1.70 bits per heavy atom. The third-order valence-electron chi connectivity index (χ3n) is 0.601. The van der Waals surface area contributed by atoms with Crippen molar-refractivity contribution in [1.82, 2.24) is 0 Å². The van der Waals surface area contributed by atoms with Gasteiger partial charge in [-0.2, -0.15) is 22.0 Å². The monoisotopic (exact) mass is 162 g/mol. The summed E-state index contributed by atoms with van der Waals surface area (Å²) in [4.78, 5) is 0. The zero-order valence-electron chi connectivity index (χ0n) is 4.80. The smallest absolute Gasteiger partial charge is 0.449 e. The molecule has 0 rings (SSSR count). The average Bonchev–Trinajstić information content (AvgIpc) is 1.83. The Balaban J connectivity index is 4.47. The lowest BCUT2D eigenvalue weighted by atomic mass is 10.5. The molecule has 0 unspecified atom stereocenters. The van der Waals surface area contributed by atoms with Gasteiger partial charge in [0.2, 0.25) is 0 Å². The molecule has 0 fully saturated rings. The largest absolute Gasteiger partial charge is 0.472 e. The van der Waals surface area contributed by atoms with Crippen molar-refractivity contribution < 1.29 is 26.7 Å². The van der Waals surface area contributed by atoms with Crippen molar-refractivity contribution in [1.29, 1.82) is 0 Å². The molecular formula is C4H3F5O. The second-order valence-electron chi connectivity index (χ2n) is 1.29. The van der Waals surface area contributed by atoms with Gasteiger partial charge in [0.1, 0.15) is 0 Å². The minimum Gasteiger partial charge on any atom is -0.472 e. The van der Waals surface area contributed by atoms with Crippen LogP contribution in [-0.4, -0.2) is 13.3 Å². The Hall–Kier alpha value is -0.810. The lowest BCUT2D eigenvalue weighted by Crippen LogP contribution is -2.09. The molecule has 0 amide bonds. The van der Waals surface area contributed by atoms with Crippen LogP contribution in [0.15, 0.2) is 11.8 Å².